The van der Waals surface area contributed by atoms with Gasteiger partial charge in [0.25, 0.3) is 0 Å². The number of allylic oxidation sites excluding steroid dienone is 1. The number of ether oxygens (including phenoxy) is 1. The summed E-state index contributed by atoms with van der Waals surface area (Å²) in [5, 5.41) is 3.33. The second kappa shape index (κ2) is 13.4. The summed E-state index contributed by atoms with van der Waals surface area (Å²) in [4.78, 5) is 6.81. The van der Waals surface area contributed by atoms with Crippen LogP contribution in [0.3, 0.4) is 0 Å². The number of rotatable bonds is 11. The summed E-state index contributed by atoms with van der Waals surface area (Å²) in [6.07, 6.45) is 7.77. The van der Waals surface area contributed by atoms with Gasteiger partial charge in [0.2, 0.25) is 0 Å². The molecule has 0 bridgehead atoms. The van der Waals surface area contributed by atoms with Crippen molar-refractivity contribution < 1.29 is 4.74 Å². The molecule has 0 atom stereocenters. The highest BCUT2D eigenvalue weighted by Crippen LogP contribution is 2.01. The van der Waals surface area contributed by atoms with Gasteiger partial charge in [-0.3, -0.25) is 4.99 Å². The van der Waals surface area contributed by atoms with E-state index in [1.54, 1.807) is 7.11 Å². The molecule has 0 radical (unpaired) electrons. The lowest BCUT2D eigenvalue weighted by molar-refractivity contribution is 0.197. The summed E-state index contributed by atoms with van der Waals surface area (Å²) in [6.45, 7) is 9.39. The number of nitrogens with one attached hydrogen (secondary N) is 1. The number of methoxy groups -OCH3 is 1. The number of hydrogen-bond acceptors (Lipinski definition) is 2. The first-order valence-corrected chi connectivity index (χ1v) is 7.35. The van der Waals surface area contributed by atoms with Crippen LogP contribution in [0.4, 0.5) is 0 Å². The Hall–Kier alpha value is -1.03. The zero-order chi connectivity index (χ0) is 14.3. The molecule has 0 amide bonds. The average molecular weight is 269 g/mol. The van der Waals surface area contributed by atoms with Crippen molar-refractivity contribution in [3.63, 3.8) is 0 Å². The van der Waals surface area contributed by atoms with Gasteiger partial charge >= 0.3 is 0 Å². The molecule has 112 valence electrons. The van der Waals surface area contributed by atoms with Gasteiger partial charge in [-0.1, -0.05) is 12.5 Å². The largest absolute Gasteiger partial charge is 0.385 e. The molecule has 0 aromatic heterocycles. The van der Waals surface area contributed by atoms with Crippen molar-refractivity contribution in [3.8, 4) is 0 Å². The van der Waals surface area contributed by atoms with Crippen LogP contribution in [-0.2, 0) is 4.74 Å². The Balaban J connectivity index is 3.94. The molecule has 0 heterocycles. The van der Waals surface area contributed by atoms with Gasteiger partial charge in [0.05, 0.1) is 0 Å². The van der Waals surface area contributed by atoms with Crippen LogP contribution in [-0.4, -0.2) is 51.3 Å². The maximum absolute atomic E-state index is 5.04. The third kappa shape index (κ3) is 10.6. The molecule has 0 saturated heterocycles. The highest BCUT2D eigenvalue weighted by Gasteiger charge is 2.04. The number of unbranched alkanes of at least 4 members (excludes halogenated alkanes) is 3. The molecule has 0 fully saturated rings. The Morgan fingerprint density at radius 3 is 2.74 bits per heavy atom. The van der Waals surface area contributed by atoms with E-state index in [1.807, 2.05) is 6.08 Å². The van der Waals surface area contributed by atoms with E-state index < -0.39 is 0 Å². The van der Waals surface area contributed by atoms with Crippen molar-refractivity contribution in [3.05, 3.63) is 12.7 Å². The molecule has 4 nitrogen and oxygen atoms in total. The lowest BCUT2D eigenvalue weighted by atomic mass is 10.2. The van der Waals surface area contributed by atoms with Crippen molar-refractivity contribution in [2.75, 3.05) is 40.4 Å². The molecule has 0 aliphatic rings. The van der Waals surface area contributed by atoms with Gasteiger partial charge in [0.1, 0.15) is 0 Å². The van der Waals surface area contributed by atoms with E-state index in [-0.39, 0.29) is 0 Å². The van der Waals surface area contributed by atoms with E-state index in [0.29, 0.717) is 0 Å². The summed E-state index contributed by atoms with van der Waals surface area (Å²) < 4.78 is 5.04. The zero-order valence-corrected chi connectivity index (χ0v) is 13.0. The van der Waals surface area contributed by atoms with E-state index in [9.17, 15) is 0 Å². The van der Waals surface area contributed by atoms with Crippen molar-refractivity contribution in [1.82, 2.24) is 10.2 Å². The van der Waals surface area contributed by atoms with Crippen molar-refractivity contribution in [2.24, 2.45) is 4.99 Å². The van der Waals surface area contributed by atoms with Crippen LogP contribution in [0, 0.1) is 0 Å². The van der Waals surface area contributed by atoms with Crippen LogP contribution in [0.25, 0.3) is 0 Å². The number of nitrogens with zero attached hydrogens (tertiary/aromatic N) is 2. The van der Waals surface area contributed by atoms with Gasteiger partial charge in [0, 0.05) is 40.4 Å². The van der Waals surface area contributed by atoms with E-state index in [0.717, 1.165) is 45.0 Å². The van der Waals surface area contributed by atoms with E-state index in [4.69, 9.17) is 4.74 Å². The van der Waals surface area contributed by atoms with Crippen LogP contribution >= 0.6 is 0 Å². The highest BCUT2D eigenvalue weighted by atomic mass is 16.5. The molecule has 0 spiro atoms. The topological polar surface area (TPSA) is 36.9 Å². The molecule has 1 N–H and O–H groups in total. The summed E-state index contributed by atoms with van der Waals surface area (Å²) in [5.41, 5.74) is 0. The number of aliphatic imine (C=N–C) groups is 1. The monoisotopic (exact) mass is 269 g/mol. The third-order valence-electron chi connectivity index (χ3n) is 2.87. The maximum Gasteiger partial charge on any atom is 0.193 e. The summed E-state index contributed by atoms with van der Waals surface area (Å²) in [5.74, 6) is 1.00. The van der Waals surface area contributed by atoms with Gasteiger partial charge in [-0.15, -0.1) is 6.58 Å². The molecule has 4 heteroatoms. The fourth-order valence-electron chi connectivity index (χ4n) is 1.78. The molecule has 0 aliphatic heterocycles. The van der Waals surface area contributed by atoms with E-state index in [2.05, 4.69) is 35.8 Å². The Kier molecular flexibility index (Phi) is 12.7. The molecule has 0 aromatic carbocycles. The van der Waals surface area contributed by atoms with Crippen LogP contribution < -0.4 is 5.32 Å². The fraction of sp³-hybridized carbons (Fsp3) is 0.800. The van der Waals surface area contributed by atoms with E-state index >= 15 is 0 Å². The molecule has 0 aliphatic carbocycles. The minimum Gasteiger partial charge on any atom is -0.385 e. The van der Waals surface area contributed by atoms with Gasteiger partial charge in [0.15, 0.2) is 5.96 Å². The third-order valence-corrected chi connectivity index (χ3v) is 2.87. The predicted octanol–water partition coefficient (Wildman–Crippen LogP) is 2.67. The quantitative estimate of drug-likeness (QED) is 0.271. The van der Waals surface area contributed by atoms with Crippen molar-refractivity contribution in [1.29, 1.82) is 0 Å². The Morgan fingerprint density at radius 2 is 2.11 bits per heavy atom. The first-order chi connectivity index (χ1) is 9.26. The molecule has 0 unspecified atom stereocenters. The Morgan fingerprint density at radius 1 is 1.32 bits per heavy atom. The Bertz CT molecular complexity index is 242. The lowest BCUT2D eigenvalue weighted by Crippen LogP contribution is -2.39. The van der Waals surface area contributed by atoms with Gasteiger partial charge in [-0.2, -0.15) is 0 Å². The molecule has 0 rings (SSSR count). The first-order valence-electron chi connectivity index (χ1n) is 7.35. The number of hydrogen-bond donors (Lipinski definition) is 1. The number of guanidine groups is 1. The first kappa shape index (κ1) is 18.0. The van der Waals surface area contributed by atoms with Crippen LogP contribution in [0.1, 0.15) is 39.0 Å². The lowest BCUT2D eigenvalue weighted by Gasteiger charge is -2.22. The van der Waals surface area contributed by atoms with Crippen LogP contribution in [0.5, 0.6) is 0 Å². The molecular weight excluding hydrogens is 238 g/mol. The minimum absolute atomic E-state index is 0.772. The average Bonchev–Trinajstić information content (AvgIpc) is 2.42. The fourth-order valence-corrected chi connectivity index (χ4v) is 1.78. The minimum atomic E-state index is 0.772. The molecule has 0 aromatic rings. The standard InChI is InChI=1S/C15H31N3O/c1-5-7-8-9-10-13-18(3)15(16-6-2)17-12-11-14-19-4/h5H,1,6-14H2,2-4H3,(H,16,17). The maximum atomic E-state index is 5.04. The summed E-state index contributed by atoms with van der Waals surface area (Å²) >= 11 is 0. The van der Waals surface area contributed by atoms with Gasteiger partial charge < -0.3 is 15.0 Å². The molecule has 19 heavy (non-hydrogen) atoms. The molecule has 0 saturated carbocycles. The highest BCUT2D eigenvalue weighted by molar-refractivity contribution is 5.79. The SMILES string of the molecule is C=CCCCCCN(C)C(=NCCCOC)NCC. The predicted molar refractivity (Wildman–Crippen MR) is 83.8 cm³/mol. The van der Waals surface area contributed by atoms with E-state index in [1.165, 1.54) is 19.3 Å². The zero-order valence-electron chi connectivity index (χ0n) is 13.0. The van der Waals surface area contributed by atoms with Crippen LogP contribution in [0.15, 0.2) is 17.6 Å². The summed E-state index contributed by atoms with van der Waals surface area (Å²) in [7, 11) is 3.83. The van der Waals surface area contributed by atoms with Crippen molar-refractivity contribution >= 4 is 5.96 Å². The van der Waals surface area contributed by atoms with Crippen LogP contribution in [0.2, 0.25) is 0 Å². The normalized spacial score (nSPS) is 11.4. The Labute approximate surface area is 118 Å². The second-order valence-electron chi connectivity index (χ2n) is 4.64. The summed E-state index contributed by atoms with van der Waals surface area (Å²) in [6, 6.07) is 0. The van der Waals surface area contributed by atoms with Crippen molar-refractivity contribution in [2.45, 2.75) is 39.0 Å². The smallest absolute Gasteiger partial charge is 0.193 e. The second-order valence-corrected chi connectivity index (χ2v) is 4.64. The van der Waals surface area contributed by atoms with Gasteiger partial charge in [-0.05, 0) is 32.6 Å². The molecular formula is C15H31N3O. The van der Waals surface area contributed by atoms with Gasteiger partial charge in [-0.25, -0.2) is 0 Å².